The van der Waals surface area contributed by atoms with Crippen molar-refractivity contribution < 1.29 is 9.18 Å². The molecule has 2 amide bonds. The van der Waals surface area contributed by atoms with Gasteiger partial charge < -0.3 is 10.2 Å². The van der Waals surface area contributed by atoms with Crippen molar-refractivity contribution in [2.45, 2.75) is 17.9 Å². The van der Waals surface area contributed by atoms with E-state index in [1.54, 1.807) is 17.8 Å². The zero-order valence-corrected chi connectivity index (χ0v) is 15.8. The van der Waals surface area contributed by atoms with Crippen LogP contribution in [-0.2, 0) is 6.54 Å². The number of nitrogens with zero attached hydrogens (tertiary/aromatic N) is 2. The number of rotatable bonds is 4. The fraction of sp³-hybridized carbons (Fsp3) is 0.350. The highest BCUT2D eigenvalue weighted by molar-refractivity contribution is 7.98. The van der Waals surface area contributed by atoms with Gasteiger partial charge in [-0.3, -0.25) is 4.90 Å². The van der Waals surface area contributed by atoms with E-state index >= 15 is 0 Å². The summed E-state index contributed by atoms with van der Waals surface area (Å²) in [6.07, 6.45) is 2.88. The van der Waals surface area contributed by atoms with E-state index in [1.807, 2.05) is 47.6 Å². The maximum atomic E-state index is 13.9. The first-order chi connectivity index (χ1) is 12.7. The molecule has 138 valence electrons. The molecule has 0 aromatic heterocycles. The lowest BCUT2D eigenvalue weighted by molar-refractivity contribution is 0.210. The van der Waals surface area contributed by atoms with Crippen LogP contribution in [0, 0.1) is 5.82 Å². The van der Waals surface area contributed by atoms with Crippen LogP contribution in [-0.4, -0.2) is 48.3 Å². The smallest absolute Gasteiger partial charge is 0.321 e. The lowest BCUT2D eigenvalue weighted by Crippen LogP contribution is -2.38. The van der Waals surface area contributed by atoms with Crippen LogP contribution in [0.25, 0.3) is 0 Å². The third-order valence-corrected chi connectivity index (χ3v) is 5.37. The van der Waals surface area contributed by atoms with Crippen molar-refractivity contribution in [1.29, 1.82) is 0 Å². The Bertz CT molecular complexity index is 755. The topological polar surface area (TPSA) is 35.6 Å². The minimum Gasteiger partial charge on any atom is -0.323 e. The molecule has 1 fully saturated rings. The second-order valence-electron chi connectivity index (χ2n) is 6.34. The molecule has 0 aliphatic carbocycles. The van der Waals surface area contributed by atoms with Gasteiger partial charge >= 0.3 is 6.03 Å². The van der Waals surface area contributed by atoms with E-state index < -0.39 is 0 Å². The van der Waals surface area contributed by atoms with Crippen LogP contribution in [0.4, 0.5) is 14.9 Å². The minimum atomic E-state index is -0.167. The number of hydrogen-bond donors (Lipinski definition) is 1. The van der Waals surface area contributed by atoms with Gasteiger partial charge in [-0.25, -0.2) is 9.18 Å². The molecule has 1 aliphatic rings. The third kappa shape index (κ3) is 4.77. The molecular weight excluding hydrogens is 349 g/mol. The molecule has 6 heteroatoms. The number of urea groups is 1. The van der Waals surface area contributed by atoms with Gasteiger partial charge in [0.15, 0.2) is 0 Å². The van der Waals surface area contributed by atoms with Crippen LogP contribution < -0.4 is 5.32 Å². The van der Waals surface area contributed by atoms with Gasteiger partial charge in [-0.15, -0.1) is 11.8 Å². The minimum absolute atomic E-state index is 0.0701. The van der Waals surface area contributed by atoms with Gasteiger partial charge in [0.25, 0.3) is 0 Å². The van der Waals surface area contributed by atoms with Crippen LogP contribution in [0.15, 0.2) is 53.4 Å². The molecule has 0 bridgehead atoms. The summed E-state index contributed by atoms with van der Waals surface area (Å²) in [5, 5.41) is 3.02. The number of para-hydroxylation sites is 1. The van der Waals surface area contributed by atoms with Crippen LogP contribution in [0.3, 0.4) is 0 Å². The second-order valence-corrected chi connectivity index (χ2v) is 7.19. The van der Waals surface area contributed by atoms with E-state index in [1.165, 1.54) is 6.07 Å². The molecule has 0 atom stereocenters. The van der Waals surface area contributed by atoms with Gasteiger partial charge in [-0.1, -0.05) is 30.3 Å². The summed E-state index contributed by atoms with van der Waals surface area (Å²) in [7, 11) is 0. The average molecular weight is 373 g/mol. The number of anilines is 1. The molecule has 0 spiro atoms. The number of amides is 2. The summed E-state index contributed by atoms with van der Waals surface area (Å²) in [6.45, 7) is 3.53. The molecule has 4 nitrogen and oxygen atoms in total. The van der Waals surface area contributed by atoms with Gasteiger partial charge in [-0.05, 0) is 30.9 Å². The molecule has 26 heavy (non-hydrogen) atoms. The second kappa shape index (κ2) is 9.05. The number of carbonyl (C=O) groups excluding carboxylic acids is 1. The molecular formula is C20H24FN3OS. The predicted molar refractivity (Wildman–Crippen MR) is 105 cm³/mol. The summed E-state index contributed by atoms with van der Waals surface area (Å²) in [5.41, 5.74) is 1.55. The fourth-order valence-electron chi connectivity index (χ4n) is 3.14. The number of nitrogens with one attached hydrogen (secondary N) is 1. The highest BCUT2D eigenvalue weighted by Gasteiger charge is 2.20. The molecule has 1 aliphatic heterocycles. The Morgan fingerprint density at radius 2 is 1.85 bits per heavy atom. The van der Waals surface area contributed by atoms with Crippen molar-refractivity contribution in [1.82, 2.24) is 9.80 Å². The molecule has 0 unspecified atom stereocenters. The molecule has 1 N–H and O–H groups in total. The van der Waals surface area contributed by atoms with Crippen molar-refractivity contribution in [3.05, 3.63) is 59.9 Å². The first-order valence-electron chi connectivity index (χ1n) is 8.82. The quantitative estimate of drug-likeness (QED) is 0.812. The van der Waals surface area contributed by atoms with Crippen LogP contribution in [0.5, 0.6) is 0 Å². The molecule has 2 aromatic rings. The summed E-state index contributed by atoms with van der Waals surface area (Å²) in [4.78, 5) is 17.7. The maximum absolute atomic E-state index is 13.9. The Morgan fingerprint density at radius 3 is 2.65 bits per heavy atom. The summed E-state index contributed by atoms with van der Waals surface area (Å²) in [5.74, 6) is -0.167. The largest absolute Gasteiger partial charge is 0.323 e. The van der Waals surface area contributed by atoms with Gasteiger partial charge in [0.2, 0.25) is 0 Å². The highest BCUT2D eigenvalue weighted by atomic mass is 32.2. The van der Waals surface area contributed by atoms with Crippen molar-refractivity contribution in [2.75, 3.05) is 37.8 Å². The Morgan fingerprint density at radius 1 is 1.08 bits per heavy atom. The lowest BCUT2D eigenvalue weighted by Gasteiger charge is -2.23. The first kappa shape index (κ1) is 18.7. The number of benzene rings is 2. The Kier molecular flexibility index (Phi) is 6.52. The average Bonchev–Trinajstić information content (AvgIpc) is 2.90. The normalized spacial score (nSPS) is 15.5. The highest BCUT2D eigenvalue weighted by Crippen LogP contribution is 2.25. The molecule has 0 saturated carbocycles. The van der Waals surface area contributed by atoms with Crippen molar-refractivity contribution in [3.8, 4) is 0 Å². The zero-order chi connectivity index (χ0) is 18.4. The molecule has 2 aromatic carbocycles. The van der Waals surface area contributed by atoms with Crippen LogP contribution in [0.1, 0.15) is 12.0 Å². The Hall–Kier alpha value is -2.05. The Balaban J connectivity index is 1.58. The summed E-state index contributed by atoms with van der Waals surface area (Å²) < 4.78 is 13.9. The van der Waals surface area contributed by atoms with Gasteiger partial charge in [-0.2, -0.15) is 0 Å². The summed E-state index contributed by atoms with van der Waals surface area (Å²) in [6, 6.07) is 14.6. The monoisotopic (exact) mass is 373 g/mol. The lowest BCUT2D eigenvalue weighted by atomic mass is 10.2. The van der Waals surface area contributed by atoms with E-state index in [0.29, 0.717) is 25.2 Å². The number of carbonyl (C=O) groups is 1. The van der Waals surface area contributed by atoms with Crippen LogP contribution in [0.2, 0.25) is 0 Å². The standard InChI is InChI=1S/C20H24FN3OS/c1-26-19-10-5-4-9-18(19)22-20(25)24-12-6-11-23(13-14-24)15-16-7-2-3-8-17(16)21/h2-5,7-10H,6,11-15H2,1H3,(H,22,25). The van der Waals surface area contributed by atoms with E-state index in [0.717, 1.165) is 30.1 Å². The van der Waals surface area contributed by atoms with Crippen molar-refractivity contribution in [2.24, 2.45) is 0 Å². The summed E-state index contributed by atoms with van der Waals surface area (Å²) >= 11 is 1.61. The molecule has 1 saturated heterocycles. The van der Waals surface area contributed by atoms with Crippen molar-refractivity contribution in [3.63, 3.8) is 0 Å². The number of hydrogen-bond acceptors (Lipinski definition) is 3. The number of thioether (sulfide) groups is 1. The SMILES string of the molecule is CSc1ccccc1NC(=O)N1CCCN(Cc2ccccc2F)CC1. The van der Waals surface area contributed by atoms with E-state index in [4.69, 9.17) is 0 Å². The Labute approximate surface area is 158 Å². The first-order valence-corrected chi connectivity index (χ1v) is 10.0. The predicted octanol–water partition coefficient (Wildman–Crippen LogP) is 4.29. The van der Waals surface area contributed by atoms with Gasteiger partial charge in [0.1, 0.15) is 5.82 Å². The van der Waals surface area contributed by atoms with Gasteiger partial charge in [0, 0.05) is 43.2 Å². The van der Waals surface area contributed by atoms with E-state index in [-0.39, 0.29) is 11.8 Å². The molecule has 0 radical (unpaired) electrons. The van der Waals surface area contributed by atoms with Gasteiger partial charge in [0.05, 0.1) is 5.69 Å². The van der Waals surface area contributed by atoms with E-state index in [9.17, 15) is 9.18 Å². The molecule has 1 heterocycles. The third-order valence-electron chi connectivity index (χ3n) is 4.58. The van der Waals surface area contributed by atoms with E-state index in [2.05, 4.69) is 10.2 Å². The van der Waals surface area contributed by atoms with Crippen molar-refractivity contribution >= 4 is 23.5 Å². The fourth-order valence-corrected chi connectivity index (χ4v) is 3.70. The van der Waals surface area contributed by atoms with Crippen LogP contribution >= 0.6 is 11.8 Å². The zero-order valence-electron chi connectivity index (χ0n) is 15.0. The maximum Gasteiger partial charge on any atom is 0.321 e. The molecule has 3 rings (SSSR count). The number of halogens is 1.